The number of hydrogen-bond donors (Lipinski definition) is 1. The van der Waals surface area contributed by atoms with E-state index in [0.717, 1.165) is 5.56 Å². The number of carboxylic acids is 1. The van der Waals surface area contributed by atoms with Gasteiger partial charge in [-0.1, -0.05) is 11.6 Å². The van der Waals surface area contributed by atoms with Gasteiger partial charge in [-0.3, -0.25) is 0 Å². The summed E-state index contributed by atoms with van der Waals surface area (Å²) in [6.45, 7) is 0. The molecule has 0 spiro atoms. The molecule has 3 rings (SSSR count). The van der Waals surface area contributed by atoms with Crippen molar-refractivity contribution in [3.8, 4) is 11.3 Å². The lowest BCUT2D eigenvalue weighted by Crippen LogP contribution is -2.03. The Bertz CT molecular complexity index is 750. The number of halogens is 1. The second-order valence-corrected chi connectivity index (χ2v) is 5.12. The monoisotopic (exact) mass is 279 g/mol. The van der Waals surface area contributed by atoms with Crippen LogP contribution >= 0.6 is 22.9 Å². The maximum atomic E-state index is 11.0. The first-order valence-corrected chi connectivity index (χ1v) is 6.22. The van der Waals surface area contributed by atoms with Crippen molar-refractivity contribution in [2.24, 2.45) is 0 Å². The molecule has 0 unspecified atom stereocenters. The summed E-state index contributed by atoms with van der Waals surface area (Å²) >= 11 is 7.27. The lowest BCUT2D eigenvalue weighted by molar-refractivity contribution is 0.0692. The number of fused-ring (bicyclic) bond motifs is 1. The van der Waals surface area contributed by atoms with Gasteiger partial charge >= 0.3 is 5.97 Å². The number of nitrogens with zero attached hydrogens (tertiary/aromatic N) is 3. The highest BCUT2D eigenvalue weighted by Gasteiger charge is 2.14. The van der Waals surface area contributed by atoms with E-state index in [0.29, 0.717) is 15.7 Å². The second kappa shape index (κ2) is 4.08. The average molecular weight is 280 g/mol. The molecule has 7 heteroatoms. The highest BCUT2D eigenvalue weighted by Crippen LogP contribution is 2.28. The standard InChI is InChI=1S/C11H6ClN3O2S/c12-8-3-6(5-18-8)7-4-15-2-1-13-9(11(16)17)10(15)14-7/h1-5H,(H,16,17). The number of aromatic nitrogens is 3. The van der Waals surface area contributed by atoms with Crippen LogP contribution in [0.15, 0.2) is 30.0 Å². The predicted molar refractivity (Wildman–Crippen MR) is 68.3 cm³/mol. The Hall–Kier alpha value is -1.92. The molecular weight excluding hydrogens is 274 g/mol. The third-order valence-corrected chi connectivity index (χ3v) is 3.53. The molecule has 3 heterocycles. The van der Waals surface area contributed by atoms with Crippen LogP contribution in [0.3, 0.4) is 0 Å². The zero-order valence-electron chi connectivity index (χ0n) is 8.87. The van der Waals surface area contributed by atoms with E-state index in [-0.39, 0.29) is 5.69 Å². The third kappa shape index (κ3) is 1.75. The molecular formula is C11H6ClN3O2S. The van der Waals surface area contributed by atoms with Crippen molar-refractivity contribution >= 4 is 34.6 Å². The average Bonchev–Trinajstić information content (AvgIpc) is 2.93. The van der Waals surface area contributed by atoms with Gasteiger partial charge in [0, 0.05) is 29.5 Å². The second-order valence-electron chi connectivity index (χ2n) is 3.58. The van der Waals surface area contributed by atoms with Crippen LogP contribution < -0.4 is 0 Å². The number of aromatic carboxylic acids is 1. The maximum Gasteiger partial charge on any atom is 0.358 e. The van der Waals surface area contributed by atoms with Gasteiger partial charge in [0.25, 0.3) is 0 Å². The Labute approximate surface area is 110 Å². The largest absolute Gasteiger partial charge is 0.476 e. The Kier molecular flexibility index (Phi) is 2.53. The minimum absolute atomic E-state index is 0.0647. The number of carboxylic acid groups (broad SMARTS) is 1. The quantitative estimate of drug-likeness (QED) is 0.783. The molecule has 3 aromatic rings. The first kappa shape index (κ1) is 11.2. The van der Waals surface area contributed by atoms with E-state index in [9.17, 15) is 4.79 Å². The van der Waals surface area contributed by atoms with Gasteiger partial charge in [-0.05, 0) is 6.07 Å². The summed E-state index contributed by atoms with van der Waals surface area (Å²) in [6, 6.07) is 1.79. The Balaban J connectivity index is 2.22. The van der Waals surface area contributed by atoms with Crippen LogP contribution in [0.4, 0.5) is 0 Å². The van der Waals surface area contributed by atoms with E-state index < -0.39 is 5.97 Å². The van der Waals surface area contributed by atoms with Gasteiger partial charge in [-0.2, -0.15) is 0 Å². The summed E-state index contributed by atoms with van der Waals surface area (Å²) < 4.78 is 2.30. The topological polar surface area (TPSA) is 67.5 Å². The summed E-state index contributed by atoms with van der Waals surface area (Å²) in [7, 11) is 0. The van der Waals surface area contributed by atoms with E-state index in [4.69, 9.17) is 16.7 Å². The van der Waals surface area contributed by atoms with Crippen molar-refractivity contribution in [3.05, 3.63) is 40.1 Å². The molecule has 3 aromatic heterocycles. The fraction of sp³-hybridized carbons (Fsp3) is 0. The number of carbonyl (C=O) groups is 1. The van der Waals surface area contributed by atoms with E-state index in [1.807, 2.05) is 5.38 Å². The highest BCUT2D eigenvalue weighted by molar-refractivity contribution is 7.14. The Morgan fingerprint density at radius 1 is 1.50 bits per heavy atom. The first-order valence-electron chi connectivity index (χ1n) is 4.96. The van der Waals surface area contributed by atoms with Gasteiger partial charge in [0.2, 0.25) is 0 Å². The van der Waals surface area contributed by atoms with Crippen LogP contribution in [0, 0.1) is 0 Å². The van der Waals surface area contributed by atoms with Crippen molar-refractivity contribution in [2.45, 2.75) is 0 Å². The van der Waals surface area contributed by atoms with Gasteiger partial charge in [0.05, 0.1) is 10.0 Å². The molecule has 0 aromatic carbocycles. The van der Waals surface area contributed by atoms with Gasteiger partial charge in [0.1, 0.15) is 0 Å². The first-order chi connectivity index (χ1) is 8.65. The lowest BCUT2D eigenvalue weighted by Gasteiger charge is -1.95. The molecule has 0 atom stereocenters. The van der Waals surface area contributed by atoms with Crippen molar-refractivity contribution in [1.82, 2.24) is 14.4 Å². The summed E-state index contributed by atoms with van der Waals surface area (Å²) in [5.74, 6) is -1.10. The normalized spacial score (nSPS) is 10.9. The van der Waals surface area contributed by atoms with Crippen molar-refractivity contribution in [2.75, 3.05) is 0 Å². The zero-order chi connectivity index (χ0) is 12.7. The summed E-state index contributed by atoms with van der Waals surface area (Å²) in [5, 5.41) is 10.9. The molecule has 0 radical (unpaired) electrons. The van der Waals surface area contributed by atoms with E-state index in [1.54, 1.807) is 22.9 Å². The van der Waals surface area contributed by atoms with Crippen molar-refractivity contribution in [1.29, 1.82) is 0 Å². The van der Waals surface area contributed by atoms with Gasteiger partial charge in [-0.25, -0.2) is 14.8 Å². The molecule has 0 saturated heterocycles. The van der Waals surface area contributed by atoms with Gasteiger partial charge in [0.15, 0.2) is 11.3 Å². The molecule has 0 aliphatic carbocycles. The minimum atomic E-state index is -1.10. The molecule has 0 aliphatic rings. The summed E-state index contributed by atoms with van der Waals surface area (Å²) in [5.41, 5.74) is 1.80. The lowest BCUT2D eigenvalue weighted by atomic mass is 10.3. The third-order valence-electron chi connectivity index (χ3n) is 2.44. The van der Waals surface area contributed by atoms with Crippen molar-refractivity contribution < 1.29 is 9.90 Å². The van der Waals surface area contributed by atoms with Crippen LogP contribution in [0.5, 0.6) is 0 Å². The van der Waals surface area contributed by atoms with Gasteiger partial charge < -0.3 is 9.51 Å². The van der Waals surface area contributed by atoms with E-state index in [1.165, 1.54) is 17.5 Å². The van der Waals surface area contributed by atoms with E-state index >= 15 is 0 Å². The molecule has 0 fully saturated rings. The maximum absolute atomic E-state index is 11.0. The SMILES string of the molecule is O=C(O)c1nccn2cc(-c3csc(Cl)c3)nc12. The number of rotatable bonds is 2. The van der Waals surface area contributed by atoms with E-state index in [2.05, 4.69) is 9.97 Å². The zero-order valence-corrected chi connectivity index (χ0v) is 10.4. The van der Waals surface area contributed by atoms with Crippen molar-refractivity contribution in [3.63, 3.8) is 0 Å². The van der Waals surface area contributed by atoms with Crippen LogP contribution in [-0.4, -0.2) is 25.4 Å². The van der Waals surface area contributed by atoms with Crippen LogP contribution in [0.25, 0.3) is 16.9 Å². The molecule has 18 heavy (non-hydrogen) atoms. The van der Waals surface area contributed by atoms with Crippen LogP contribution in [-0.2, 0) is 0 Å². The Morgan fingerprint density at radius 2 is 2.33 bits per heavy atom. The predicted octanol–water partition coefficient (Wildman–Crippen LogP) is 2.81. The molecule has 0 aliphatic heterocycles. The number of imidazole rings is 1. The molecule has 0 bridgehead atoms. The highest BCUT2D eigenvalue weighted by atomic mass is 35.5. The summed E-state index contributed by atoms with van der Waals surface area (Å²) in [4.78, 5) is 19.1. The van der Waals surface area contributed by atoms with Gasteiger partial charge in [-0.15, -0.1) is 11.3 Å². The van der Waals surface area contributed by atoms with Crippen LogP contribution in [0.1, 0.15) is 10.5 Å². The summed E-state index contributed by atoms with van der Waals surface area (Å²) in [6.07, 6.45) is 4.84. The molecule has 0 saturated carbocycles. The fourth-order valence-corrected chi connectivity index (χ4v) is 2.53. The fourth-order valence-electron chi connectivity index (χ4n) is 1.65. The Morgan fingerprint density at radius 3 is 3.00 bits per heavy atom. The number of thiophene rings is 1. The molecule has 90 valence electrons. The minimum Gasteiger partial charge on any atom is -0.476 e. The molecule has 5 nitrogen and oxygen atoms in total. The molecule has 0 amide bonds. The number of hydrogen-bond acceptors (Lipinski definition) is 4. The smallest absolute Gasteiger partial charge is 0.358 e. The molecule has 1 N–H and O–H groups in total. The van der Waals surface area contributed by atoms with Crippen LogP contribution in [0.2, 0.25) is 4.34 Å².